The maximum absolute atomic E-state index is 12.6. The number of nitrogens with zero attached hydrogens (tertiary/aromatic N) is 2. The molecule has 24 heavy (non-hydrogen) atoms. The summed E-state index contributed by atoms with van der Waals surface area (Å²) in [6, 6.07) is -0.466. The predicted octanol–water partition coefficient (Wildman–Crippen LogP) is 3.22. The molecule has 2 saturated carbocycles. The molecule has 1 unspecified atom stereocenters. The molecule has 2 aliphatic rings. The molecule has 2 fully saturated rings. The number of aromatic nitrogens is 2. The van der Waals surface area contributed by atoms with Gasteiger partial charge in [0.15, 0.2) is 0 Å². The number of carbonyl (C=O) groups excluding carboxylic acids is 2. The summed E-state index contributed by atoms with van der Waals surface area (Å²) in [4.78, 5) is 24.1. The van der Waals surface area contributed by atoms with Gasteiger partial charge in [0.25, 0.3) is 0 Å². The summed E-state index contributed by atoms with van der Waals surface area (Å²) in [5, 5.41) is 15.7. The second kappa shape index (κ2) is 8.05. The van der Waals surface area contributed by atoms with E-state index in [2.05, 4.69) is 20.8 Å². The lowest BCUT2D eigenvalue weighted by atomic mass is 9.90. The number of amides is 2. The van der Waals surface area contributed by atoms with Gasteiger partial charge in [-0.25, -0.2) is 0 Å². The third-order valence-electron chi connectivity index (χ3n) is 5.14. The zero-order chi connectivity index (χ0) is 16.9. The molecule has 1 heterocycles. The van der Waals surface area contributed by atoms with E-state index in [1.165, 1.54) is 50.4 Å². The highest BCUT2D eigenvalue weighted by Gasteiger charge is 2.32. The average molecular weight is 350 g/mol. The zero-order valence-electron chi connectivity index (χ0n) is 14.2. The molecule has 0 radical (unpaired) electrons. The van der Waals surface area contributed by atoms with Crippen LogP contribution in [0.15, 0.2) is 0 Å². The highest BCUT2D eigenvalue weighted by molar-refractivity contribution is 7.15. The molecular formula is C17H26N4O2S. The highest BCUT2D eigenvalue weighted by atomic mass is 32.1. The number of hydrogen-bond acceptors (Lipinski definition) is 5. The van der Waals surface area contributed by atoms with E-state index in [4.69, 9.17) is 0 Å². The smallest absolute Gasteiger partial charge is 0.249 e. The molecule has 132 valence electrons. The lowest BCUT2D eigenvalue weighted by Crippen LogP contribution is -2.47. The van der Waals surface area contributed by atoms with Crippen molar-refractivity contribution in [3.05, 3.63) is 5.01 Å². The normalized spacial score (nSPS) is 20.7. The standard InChI is InChI=1S/C17H26N4O2S/c1-11(22)18-14(12-7-5-6-8-12)15(23)19-17-21-20-16(24-17)13-9-3-2-4-10-13/h12-14H,2-10H2,1H3,(H,18,22)(H,19,21,23). The molecule has 0 spiro atoms. The van der Waals surface area contributed by atoms with Crippen LogP contribution >= 0.6 is 11.3 Å². The molecule has 0 aromatic carbocycles. The van der Waals surface area contributed by atoms with Gasteiger partial charge in [-0.15, -0.1) is 10.2 Å². The van der Waals surface area contributed by atoms with Gasteiger partial charge in [-0.1, -0.05) is 43.4 Å². The first-order valence-corrected chi connectivity index (χ1v) is 9.86. The van der Waals surface area contributed by atoms with Crippen LogP contribution in [0.1, 0.15) is 75.6 Å². The Balaban J connectivity index is 1.63. The van der Waals surface area contributed by atoms with Gasteiger partial charge in [0, 0.05) is 12.8 Å². The number of rotatable bonds is 5. The molecule has 3 rings (SSSR count). The molecular weight excluding hydrogens is 324 g/mol. The summed E-state index contributed by atoms with van der Waals surface area (Å²) < 4.78 is 0. The van der Waals surface area contributed by atoms with Crippen LogP contribution in [0, 0.1) is 5.92 Å². The molecule has 6 nitrogen and oxygen atoms in total. The first-order valence-electron chi connectivity index (χ1n) is 9.05. The number of carbonyl (C=O) groups is 2. The molecule has 2 aliphatic carbocycles. The van der Waals surface area contributed by atoms with Gasteiger partial charge in [0.2, 0.25) is 16.9 Å². The summed E-state index contributed by atoms with van der Waals surface area (Å²) in [5.41, 5.74) is 0. The van der Waals surface area contributed by atoms with E-state index in [1.807, 2.05) is 0 Å². The van der Waals surface area contributed by atoms with Crippen LogP contribution in [0.4, 0.5) is 5.13 Å². The van der Waals surface area contributed by atoms with Crippen molar-refractivity contribution in [1.29, 1.82) is 0 Å². The van der Waals surface area contributed by atoms with E-state index in [9.17, 15) is 9.59 Å². The fraction of sp³-hybridized carbons (Fsp3) is 0.765. The van der Waals surface area contributed by atoms with E-state index >= 15 is 0 Å². The van der Waals surface area contributed by atoms with Gasteiger partial charge < -0.3 is 5.32 Å². The first-order chi connectivity index (χ1) is 11.6. The van der Waals surface area contributed by atoms with Gasteiger partial charge in [0.1, 0.15) is 11.0 Å². The van der Waals surface area contributed by atoms with Gasteiger partial charge in [0.05, 0.1) is 0 Å². The number of anilines is 1. The van der Waals surface area contributed by atoms with Gasteiger partial charge in [-0.3, -0.25) is 14.9 Å². The fourth-order valence-electron chi connectivity index (χ4n) is 3.89. The topological polar surface area (TPSA) is 84.0 Å². The van der Waals surface area contributed by atoms with Gasteiger partial charge >= 0.3 is 0 Å². The summed E-state index contributed by atoms with van der Waals surface area (Å²) in [5.74, 6) is 0.383. The molecule has 7 heteroatoms. The van der Waals surface area contributed by atoms with E-state index in [0.29, 0.717) is 11.0 Å². The minimum absolute atomic E-state index is 0.163. The Morgan fingerprint density at radius 3 is 2.38 bits per heavy atom. The Morgan fingerprint density at radius 1 is 1.04 bits per heavy atom. The quantitative estimate of drug-likeness (QED) is 0.854. The minimum Gasteiger partial charge on any atom is -0.344 e. The fourth-order valence-corrected chi connectivity index (χ4v) is 4.81. The Hall–Kier alpha value is -1.50. The van der Waals surface area contributed by atoms with Crippen molar-refractivity contribution in [2.75, 3.05) is 5.32 Å². The largest absolute Gasteiger partial charge is 0.344 e. The second-order valence-corrected chi connectivity index (χ2v) is 8.00. The van der Waals surface area contributed by atoms with E-state index in [0.717, 1.165) is 30.7 Å². The molecule has 0 saturated heterocycles. The van der Waals surface area contributed by atoms with Gasteiger partial charge in [-0.05, 0) is 31.6 Å². The third kappa shape index (κ3) is 4.32. The maximum Gasteiger partial charge on any atom is 0.249 e. The Labute approximate surface area is 146 Å². The predicted molar refractivity (Wildman–Crippen MR) is 93.9 cm³/mol. The molecule has 1 aromatic heterocycles. The molecule has 2 N–H and O–H groups in total. The Morgan fingerprint density at radius 2 is 1.71 bits per heavy atom. The number of hydrogen-bond donors (Lipinski definition) is 2. The van der Waals surface area contributed by atoms with Crippen molar-refractivity contribution >= 4 is 28.3 Å². The van der Waals surface area contributed by atoms with Crippen molar-refractivity contribution < 1.29 is 9.59 Å². The van der Waals surface area contributed by atoms with Crippen LogP contribution < -0.4 is 10.6 Å². The van der Waals surface area contributed by atoms with E-state index in [1.54, 1.807) is 0 Å². The number of nitrogens with one attached hydrogen (secondary N) is 2. The second-order valence-electron chi connectivity index (χ2n) is 6.99. The lowest BCUT2D eigenvalue weighted by molar-refractivity contribution is -0.126. The van der Waals surface area contributed by atoms with Crippen LogP contribution in [0.5, 0.6) is 0 Å². The minimum atomic E-state index is -0.466. The van der Waals surface area contributed by atoms with Crippen molar-refractivity contribution in [2.45, 2.75) is 76.7 Å². The lowest BCUT2D eigenvalue weighted by Gasteiger charge is -2.22. The first kappa shape index (κ1) is 17.3. The van der Waals surface area contributed by atoms with Crippen molar-refractivity contribution in [3.63, 3.8) is 0 Å². The van der Waals surface area contributed by atoms with Crippen LogP contribution in [-0.4, -0.2) is 28.1 Å². The van der Waals surface area contributed by atoms with E-state index < -0.39 is 6.04 Å². The van der Waals surface area contributed by atoms with Crippen LogP contribution in [0.2, 0.25) is 0 Å². The Kier molecular flexibility index (Phi) is 5.81. The summed E-state index contributed by atoms with van der Waals surface area (Å²) in [7, 11) is 0. The Bertz CT molecular complexity index is 577. The van der Waals surface area contributed by atoms with Crippen LogP contribution in [0.3, 0.4) is 0 Å². The van der Waals surface area contributed by atoms with Crippen molar-refractivity contribution in [3.8, 4) is 0 Å². The average Bonchev–Trinajstić information content (AvgIpc) is 3.25. The molecule has 0 aliphatic heterocycles. The van der Waals surface area contributed by atoms with E-state index in [-0.39, 0.29) is 17.7 Å². The molecule has 1 atom stereocenters. The third-order valence-corrected chi connectivity index (χ3v) is 6.14. The maximum atomic E-state index is 12.6. The monoisotopic (exact) mass is 350 g/mol. The zero-order valence-corrected chi connectivity index (χ0v) is 15.0. The van der Waals surface area contributed by atoms with Crippen LogP contribution in [0.25, 0.3) is 0 Å². The molecule has 1 aromatic rings. The SMILES string of the molecule is CC(=O)NC(C(=O)Nc1nnc(C2CCCCC2)s1)C1CCCC1. The van der Waals surface area contributed by atoms with Crippen molar-refractivity contribution in [2.24, 2.45) is 5.92 Å². The summed E-state index contributed by atoms with van der Waals surface area (Å²) in [6.07, 6.45) is 10.4. The van der Waals surface area contributed by atoms with Gasteiger partial charge in [-0.2, -0.15) is 0 Å². The van der Waals surface area contributed by atoms with Crippen molar-refractivity contribution in [1.82, 2.24) is 15.5 Å². The molecule has 0 bridgehead atoms. The highest BCUT2D eigenvalue weighted by Crippen LogP contribution is 2.35. The van der Waals surface area contributed by atoms with Crippen LogP contribution in [-0.2, 0) is 9.59 Å². The summed E-state index contributed by atoms with van der Waals surface area (Å²) in [6.45, 7) is 1.46. The summed E-state index contributed by atoms with van der Waals surface area (Å²) >= 11 is 1.48. The molecule has 2 amide bonds.